The van der Waals surface area contributed by atoms with Crippen molar-refractivity contribution in [3.05, 3.63) is 47.5 Å². The average Bonchev–Trinajstić information content (AvgIpc) is 3.47. The van der Waals surface area contributed by atoms with Crippen LogP contribution in [0, 0.1) is 5.82 Å². The number of nitrogens with one attached hydrogen (secondary N) is 1. The number of ether oxygens (including phenoxy) is 4. The first-order valence-electron chi connectivity index (χ1n) is 10.2. The van der Waals surface area contributed by atoms with Gasteiger partial charge in [0.1, 0.15) is 24.4 Å². The van der Waals surface area contributed by atoms with E-state index in [0.717, 1.165) is 12.8 Å². The van der Waals surface area contributed by atoms with Crippen molar-refractivity contribution < 1.29 is 23.3 Å². The van der Waals surface area contributed by atoms with Gasteiger partial charge in [-0.15, -0.1) is 0 Å². The first-order chi connectivity index (χ1) is 15.2. The highest BCUT2D eigenvalue weighted by Crippen LogP contribution is 2.37. The first kappa shape index (κ1) is 20.2. The second-order valence-electron chi connectivity index (χ2n) is 7.47. The van der Waals surface area contributed by atoms with Gasteiger partial charge in [0, 0.05) is 24.3 Å². The lowest BCUT2D eigenvalue weighted by atomic mass is 10.2. The highest BCUT2D eigenvalue weighted by atomic mass is 35.5. The summed E-state index contributed by atoms with van der Waals surface area (Å²) in [5, 5.41) is 3.72. The zero-order chi connectivity index (χ0) is 21.2. The molecule has 9 heteroatoms. The molecule has 0 amide bonds. The maximum absolute atomic E-state index is 14.4. The van der Waals surface area contributed by atoms with Crippen LogP contribution in [-0.2, 0) is 9.47 Å². The van der Waals surface area contributed by atoms with E-state index >= 15 is 0 Å². The summed E-state index contributed by atoms with van der Waals surface area (Å²) >= 11 is 5.91. The van der Waals surface area contributed by atoms with Gasteiger partial charge in [-0.05, 0) is 18.2 Å². The minimum Gasteiger partial charge on any atom is -0.484 e. The summed E-state index contributed by atoms with van der Waals surface area (Å²) in [5.41, 5.74) is 0.867. The Bertz CT molecular complexity index is 1090. The molecule has 2 aliphatic heterocycles. The van der Waals surface area contributed by atoms with E-state index in [-0.39, 0.29) is 22.9 Å². The van der Waals surface area contributed by atoms with Crippen LogP contribution < -0.4 is 14.8 Å². The number of hydrogen-bond donors (Lipinski definition) is 1. The molecule has 5 rings (SSSR count). The lowest BCUT2D eigenvalue weighted by Gasteiger charge is -2.20. The van der Waals surface area contributed by atoms with Crippen molar-refractivity contribution in [3.8, 4) is 11.5 Å². The van der Waals surface area contributed by atoms with E-state index in [4.69, 9.17) is 30.5 Å². The van der Waals surface area contributed by atoms with Crippen molar-refractivity contribution in [1.82, 2.24) is 9.97 Å². The Balaban J connectivity index is 1.53. The Morgan fingerprint density at radius 2 is 1.71 bits per heavy atom. The van der Waals surface area contributed by atoms with E-state index in [1.54, 1.807) is 12.1 Å². The van der Waals surface area contributed by atoms with Gasteiger partial charge < -0.3 is 24.3 Å². The van der Waals surface area contributed by atoms with Gasteiger partial charge in [0.15, 0.2) is 17.3 Å². The number of rotatable bonds is 6. The van der Waals surface area contributed by atoms with Gasteiger partial charge in [-0.2, -0.15) is 0 Å². The molecule has 2 atom stereocenters. The Kier molecular flexibility index (Phi) is 5.76. The van der Waals surface area contributed by atoms with Crippen molar-refractivity contribution in [2.75, 3.05) is 31.7 Å². The summed E-state index contributed by atoms with van der Waals surface area (Å²) in [6.07, 6.45) is 2.93. The Hall–Kier alpha value is -2.68. The largest absolute Gasteiger partial charge is 0.484 e. The predicted octanol–water partition coefficient (Wildman–Crippen LogP) is 4.50. The van der Waals surface area contributed by atoms with Crippen LogP contribution in [-0.4, -0.2) is 48.6 Å². The molecular weight excluding hydrogens is 425 g/mol. The van der Waals surface area contributed by atoms with E-state index in [2.05, 4.69) is 15.3 Å². The average molecular weight is 446 g/mol. The minimum absolute atomic E-state index is 0.0306. The van der Waals surface area contributed by atoms with Crippen LogP contribution in [0.15, 0.2) is 36.7 Å². The summed E-state index contributed by atoms with van der Waals surface area (Å²) in [4.78, 5) is 8.67. The predicted molar refractivity (Wildman–Crippen MR) is 114 cm³/mol. The number of halogens is 2. The lowest BCUT2D eigenvalue weighted by Crippen LogP contribution is -2.19. The highest BCUT2D eigenvalue weighted by molar-refractivity contribution is 6.31. The van der Waals surface area contributed by atoms with Crippen molar-refractivity contribution in [3.63, 3.8) is 0 Å². The van der Waals surface area contributed by atoms with Crippen LogP contribution in [0.5, 0.6) is 11.5 Å². The topological polar surface area (TPSA) is 74.7 Å². The van der Waals surface area contributed by atoms with Crippen molar-refractivity contribution in [2.24, 2.45) is 0 Å². The van der Waals surface area contributed by atoms with Gasteiger partial charge in [0.05, 0.1) is 42.7 Å². The van der Waals surface area contributed by atoms with E-state index in [0.29, 0.717) is 54.6 Å². The molecule has 2 saturated heterocycles. The van der Waals surface area contributed by atoms with E-state index in [1.165, 1.54) is 12.4 Å². The molecule has 1 aromatic heterocycles. The molecule has 0 radical (unpaired) electrons. The van der Waals surface area contributed by atoms with Crippen molar-refractivity contribution in [2.45, 2.75) is 25.0 Å². The molecular formula is C22H21ClFN3O4. The number of fused-ring (bicyclic) bond motifs is 1. The lowest BCUT2D eigenvalue weighted by molar-refractivity contribution is 0.123. The minimum atomic E-state index is -0.545. The van der Waals surface area contributed by atoms with Crippen LogP contribution in [0.1, 0.15) is 12.8 Å². The van der Waals surface area contributed by atoms with Gasteiger partial charge >= 0.3 is 0 Å². The van der Waals surface area contributed by atoms with E-state index in [9.17, 15) is 4.39 Å². The molecule has 2 aromatic carbocycles. The van der Waals surface area contributed by atoms with Crippen LogP contribution in [0.4, 0.5) is 15.9 Å². The van der Waals surface area contributed by atoms with Crippen LogP contribution in [0.3, 0.4) is 0 Å². The number of benzene rings is 2. The van der Waals surface area contributed by atoms with Crippen LogP contribution >= 0.6 is 11.6 Å². The third-order valence-corrected chi connectivity index (χ3v) is 5.56. The van der Waals surface area contributed by atoms with Crippen LogP contribution in [0.2, 0.25) is 5.02 Å². The number of hydrogen-bond acceptors (Lipinski definition) is 7. The molecule has 1 N–H and O–H groups in total. The Labute approximate surface area is 183 Å². The monoisotopic (exact) mass is 445 g/mol. The molecule has 0 unspecified atom stereocenters. The normalized spacial score (nSPS) is 20.8. The van der Waals surface area contributed by atoms with Crippen molar-refractivity contribution in [1.29, 1.82) is 0 Å². The first-order valence-corrected chi connectivity index (χ1v) is 10.5. The Morgan fingerprint density at radius 3 is 2.39 bits per heavy atom. The smallest absolute Gasteiger partial charge is 0.165 e. The van der Waals surface area contributed by atoms with Crippen LogP contribution in [0.25, 0.3) is 10.9 Å². The van der Waals surface area contributed by atoms with E-state index in [1.807, 2.05) is 12.1 Å². The third kappa shape index (κ3) is 4.37. The zero-order valence-electron chi connectivity index (χ0n) is 16.6. The standard InChI is InChI=1S/C22H21ClFN3O4/c23-16-2-1-3-17(21(16)24)27-22-15-8-19(30-13-4-6-28-10-13)20(9-18(15)25-12-26-22)31-14-5-7-29-11-14/h1-3,8-9,12-14H,4-7,10-11H2,(H,25,26,27)/t13-,14+/m1/s1. The number of nitrogens with zero attached hydrogens (tertiary/aromatic N) is 2. The number of aromatic nitrogens is 2. The quantitative estimate of drug-likeness (QED) is 0.598. The highest BCUT2D eigenvalue weighted by Gasteiger charge is 2.24. The summed E-state index contributed by atoms with van der Waals surface area (Å²) in [5.74, 6) is 1.05. The summed E-state index contributed by atoms with van der Waals surface area (Å²) < 4.78 is 37.7. The number of anilines is 2. The van der Waals surface area contributed by atoms with Gasteiger partial charge in [0.2, 0.25) is 0 Å². The van der Waals surface area contributed by atoms with Gasteiger partial charge in [0.25, 0.3) is 0 Å². The third-order valence-electron chi connectivity index (χ3n) is 5.27. The molecule has 31 heavy (non-hydrogen) atoms. The summed E-state index contributed by atoms with van der Waals surface area (Å²) in [6, 6.07) is 8.40. The van der Waals surface area contributed by atoms with Crippen molar-refractivity contribution >= 4 is 34.0 Å². The molecule has 162 valence electrons. The molecule has 0 saturated carbocycles. The second kappa shape index (κ2) is 8.82. The molecule has 0 aliphatic carbocycles. The molecule has 0 spiro atoms. The van der Waals surface area contributed by atoms with Gasteiger partial charge in [-0.25, -0.2) is 14.4 Å². The van der Waals surface area contributed by atoms with Gasteiger partial charge in [-0.3, -0.25) is 0 Å². The van der Waals surface area contributed by atoms with E-state index < -0.39 is 5.82 Å². The maximum Gasteiger partial charge on any atom is 0.165 e. The molecule has 7 nitrogen and oxygen atoms in total. The fourth-order valence-electron chi connectivity index (χ4n) is 3.65. The molecule has 0 bridgehead atoms. The summed E-state index contributed by atoms with van der Waals surface area (Å²) in [7, 11) is 0. The fourth-order valence-corrected chi connectivity index (χ4v) is 3.82. The molecule has 2 fully saturated rings. The SMILES string of the molecule is Fc1c(Cl)cccc1Nc1ncnc2cc(O[C@H]3CCOC3)c(O[C@@H]3CCOC3)cc12. The van der Waals surface area contributed by atoms with Gasteiger partial charge in [-0.1, -0.05) is 17.7 Å². The maximum atomic E-state index is 14.4. The fraction of sp³-hybridized carbons (Fsp3) is 0.364. The second-order valence-corrected chi connectivity index (χ2v) is 7.88. The Morgan fingerprint density at radius 1 is 1.00 bits per heavy atom. The molecule has 3 aromatic rings. The summed E-state index contributed by atoms with van der Waals surface area (Å²) in [6.45, 7) is 2.39. The zero-order valence-corrected chi connectivity index (χ0v) is 17.4. The molecule has 2 aliphatic rings. The molecule has 3 heterocycles.